The van der Waals surface area contributed by atoms with Crippen LogP contribution in [-0.4, -0.2) is 61.7 Å². The van der Waals surface area contributed by atoms with Crippen molar-refractivity contribution in [2.24, 2.45) is 0 Å². The molecule has 0 saturated carbocycles. The minimum Gasteiger partial charge on any atom is -0.315 e. The standard InChI is InChI=1S/C16H27N3S/c1-2-8-19-11-10-18(13-16(19)3-1)9-7-17-6-4-15-5-12-20-14-15/h5,12,14,16-17H,1-4,6-11,13H2. The van der Waals surface area contributed by atoms with Gasteiger partial charge in [0.2, 0.25) is 0 Å². The zero-order chi connectivity index (χ0) is 13.6. The molecule has 0 amide bonds. The van der Waals surface area contributed by atoms with Crippen molar-refractivity contribution in [3.63, 3.8) is 0 Å². The molecule has 1 atom stereocenters. The van der Waals surface area contributed by atoms with Crippen molar-refractivity contribution in [2.45, 2.75) is 31.7 Å². The largest absolute Gasteiger partial charge is 0.315 e. The molecule has 0 bridgehead atoms. The maximum Gasteiger partial charge on any atom is 0.0223 e. The average molecular weight is 293 g/mol. The van der Waals surface area contributed by atoms with E-state index in [0.29, 0.717) is 0 Å². The van der Waals surface area contributed by atoms with Gasteiger partial charge in [-0.3, -0.25) is 9.80 Å². The van der Waals surface area contributed by atoms with Crippen LogP contribution >= 0.6 is 11.3 Å². The van der Waals surface area contributed by atoms with Gasteiger partial charge in [0, 0.05) is 38.8 Å². The number of nitrogens with zero attached hydrogens (tertiary/aromatic N) is 2. The average Bonchev–Trinajstić information content (AvgIpc) is 3.00. The molecule has 0 aliphatic carbocycles. The highest BCUT2D eigenvalue weighted by Gasteiger charge is 2.28. The van der Waals surface area contributed by atoms with Crippen molar-refractivity contribution in [1.82, 2.24) is 15.1 Å². The number of piperidine rings is 1. The highest BCUT2D eigenvalue weighted by molar-refractivity contribution is 7.07. The third-order valence-electron chi connectivity index (χ3n) is 4.70. The lowest BCUT2D eigenvalue weighted by Gasteiger charge is -2.44. The highest BCUT2D eigenvalue weighted by Crippen LogP contribution is 2.20. The van der Waals surface area contributed by atoms with Crippen LogP contribution in [-0.2, 0) is 6.42 Å². The summed E-state index contributed by atoms with van der Waals surface area (Å²) in [6.45, 7) is 8.66. The highest BCUT2D eigenvalue weighted by atomic mass is 32.1. The molecule has 2 aliphatic rings. The predicted molar refractivity (Wildman–Crippen MR) is 86.5 cm³/mol. The molecule has 1 aromatic heterocycles. The second-order valence-corrected chi connectivity index (χ2v) is 6.90. The quantitative estimate of drug-likeness (QED) is 0.810. The molecule has 1 unspecified atom stereocenters. The minimum atomic E-state index is 0.850. The van der Waals surface area contributed by atoms with Crippen LogP contribution in [0, 0.1) is 0 Å². The van der Waals surface area contributed by atoms with Crippen LogP contribution in [0.3, 0.4) is 0 Å². The third kappa shape index (κ3) is 4.04. The Balaban J connectivity index is 1.29. The summed E-state index contributed by atoms with van der Waals surface area (Å²) in [5.41, 5.74) is 1.47. The van der Waals surface area contributed by atoms with Gasteiger partial charge in [-0.15, -0.1) is 0 Å². The number of fused-ring (bicyclic) bond motifs is 1. The summed E-state index contributed by atoms with van der Waals surface area (Å²) in [5.74, 6) is 0. The van der Waals surface area contributed by atoms with Crippen LogP contribution in [0.15, 0.2) is 16.8 Å². The summed E-state index contributed by atoms with van der Waals surface area (Å²) in [6, 6.07) is 3.08. The summed E-state index contributed by atoms with van der Waals surface area (Å²) >= 11 is 1.80. The summed E-state index contributed by atoms with van der Waals surface area (Å²) in [5, 5.41) is 8.01. The van der Waals surface area contributed by atoms with Gasteiger partial charge in [-0.2, -0.15) is 11.3 Å². The van der Waals surface area contributed by atoms with Gasteiger partial charge in [0.15, 0.2) is 0 Å². The second kappa shape index (κ2) is 7.55. The molecule has 3 nitrogen and oxygen atoms in total. The van der Waals surface area contributed by atoms with E-state index in [1.54, 1.807) is 11.3 Å². The van der Waals surface area contributed by atoms with E-state index in [-0.39, 0.29) is 0 Å². The Morgan fingerprint density at radius 2 is 2.20 bits per heavy atom. The molecule has 0 aromatic carbocycles. The molecule has 3 heterocycles. The van der Waals surface area contributed by atoms with Crippen LogP contribution in [0.1, 0.15) is 24.8 Å². The van der Waals surface area contributed by atoms with Crippen molar-refractivity contribution < 1.29 is 0 Å². The zero-order valence-electron chi connectivity index (χ0n) is 12.4. The number of rotatable bonds is 6. The van der Waals surface area contributed by atoms with E-state index in [0.717, 1.165) is 19.1 Å². The van der Waals surface area contributed by atoms with Crippen LogP contribution in [0.4, 0.5) is 0 Å². The van der Waals surface area contributed by atoms with E-state index in [4.69, 9.17) is 0 Å². The molecule has 112 valence electrons. The van der Waals surface area contributed by atoms with Gasteiger partial charge in [0.25, 0.3) is 0 Å². The van der Waals surface area contributed by atoms with Crippen molar-refractivity contribution >= 4 is 11.3 Å². The first kappa shape index (κ1) is 14.5. The Kier molecular flexibility index (Phi) is 5.48. The summed E-state index contributed by atoms with van der Waals surface area (Å²) in [6.07, 6.45) is 5.44. The molecule has 4 heteroatoms. The van der Waals surface area contributed by atoms with E-state index in [2.05, 4.69) is 31.9 Å². The minimum absolute atomic E-state index is 0.850. The van der Waals surface area contributed by atoms with E-state index in [1.165, 1.54) is 64.0 Å². The maximum absolute atomic E-state index is 3.59. The monoisotopic (exact) mass is 293 g/mol. The first-order valence-electron chi connectivity index (χ1n) is 8.10. The first-order valence-corrected chi connectivity index (χ1v) is 9.04. The fourth-order valence-electron chi connectivity index (χ4n) is 3.45. The Labute approximate surface area is 127 Å². The maximum atomic E-state index is 3.59. The topological polar surface area (TPSA) is 18.5 Å². The van der Waals surface area contributed by atoms with Gasteiger partial charge in [-0.1, -0.05) is 6.42 Å². The van der Waals surface area contributed by atoms with Gasteiger partial charge in [-0.05, 0) is 54.7 Å². The molecule has 3 rings (SSSR count). The lowest BCUT2D eigenvalue weighted by molar-refractivity contribution is 0.0500. The van der Waals surface area contributed by atoms with Crippen molar-refractivity contribution in [3.05, 3.63) is 22.4 Å². The zero-order valence-corrected chi connectivity index (χ0v) is 13.2. The Bertz CT molecular complexity index is 379. The van der Waals surface area contributed by atoms with Crippen LogP contribution < -0.4 is 5.32 Å². The molecule has 2 aliphatic heterocycles. The number of nitrogens with one attached hydrogen (secondary N) is 1. The van der Waals surface area contributed by atoms with E-state index < -0.39 is 0 Å². The van der Waals surface area contributed by atoms with Crippen LogP contribution in [0.2, 0.25) is 0 Å². The number of thiophene rings is 1. The fraction of sp³-hybridized carbons (Fsp3) is 0.750. The smallest absolute Gasteiger partial charge is 0.0223 e. The summed E-state index contributed by atoms with van der Waals surface area (Å²) in [7, 11) is 0. The summed E-state index contributed by atoms with van der Waals surface area (Å²) < 4.78 is 0. The van der Waals surface area contributed by atoms with E-state index in [9.17, 15) is 0 Å². The Morgan fingerprint density at radius 3 is 3.10 bits per heavy atom. The molecule has 0 spiro atoms. The van der Waals surface area contributed by atoms with Crippen molar-refractivity contribution in [1.29, 1.82) is 0 Å². The van der Waals surface area contributed by atoms with Gasteiger partial charge < -0.3 is 5.32 Å². The molecule has 1 aromatic rings. The van der Waals surface area contributed by atoms with Gasteiger partial charge >= 0.3 is 0 Å². The number of hydrogen-bond donors (Lipinski definition) is 1. The predicted octanol–water partition coefficient (Wildman–Crippen LogP) is 2.05. The fourth-order valence-corrected chi connectivity index (χ4v) is 4.16. The van der Waals surface area contributed by atoms with Crippen LogP contribution in [0.5, 0.6) is 0 Å². The molecule has 2 fully saturated rings. The van der Waals surface area contributed by atoms with Crippen LogP contribution in [0.25, 0.3) is 0 Å². The lowest BCUT2D eigenvalue weighted by atomic mass is 9.99. The molecule has 20 heavy (non-hydrogen) atoms. The molecular formula is C16H27N3S. The molecular weight excluding hydrogens is 266 g/mol. The molecule has 0 radical (unpaired) electrons. The van der Waals surface area contributed by atoms with Gasteiger partial charge in [0.05, 0.1) is 0 Å². The lowest BCUT2D eigenvalue weighted by Crippen LogP contribution is -2.55. The number of piperazine rings is 1. The second-order valence-electron chi connectivity index (χ2n) is 6.12. The van der Waals surface area contributed by atoms with Gasteiger partial charge in [-0.25, -0.2) is 0 Å². The third-order valence-corrected chi connectivity index (χ3v) is 5.43. The van der Waals surface area contributed by atoms with Crippen molar-refractivity contribution in [3.8, 4) is 0 Å². The molecule has 1 N–H and O–H groups in total. The molecule has 2 saturated heterocycles. The van der Waals surface area contributed by atoms with Gasteiger partial charge in [0.1, 0.15) is 0 Å². The Morgan fingerprint density at radius 1 is 1.20 bits per heavy atom. The van der Waals surface area contributed by atoms with E-state index in [1.807, 2.05) is 0 Å². The summed E-state index contributed by atoms with van der Waals surface area (Å²) in [4.78, 5) is 5.37. The normalized spacial score (nSPS) is 24.7. The Hall–Kier alpha value is -0.420. The first-order chi connectivity index (χ1) is 9.92. The number of hydrogen-bond acceptors (Lipinski definition) is 4. The van der Waals surface area contributed by atoms with Crippen molar-refractivity contribution in [2.75, 3.05) is 45.8 Å². The SMILES string of the molecule is c1cc(CCNCCN2CCN3CCCCC3C2)cs1. The van der Waals surface area contributed by atoms with E-state index >= 15 is 0 Å².